The van der Waals surface area contributed by atoms with Crippen molar-refractivity contribution in [2.75, 3.05) is 7.05 Å². The number of fused-ring (bicyclic) bond motifs is 1. The third-order valence-electron chi connectivity index (χ3n) is 3.66. The van der Waals surface area contributed by atoms with Crippen LogP contribution in [0.25, 0.3) is 10.8 Å². The molecule has 26 heavy (non-hydrogen) atoms. The van der Waals surface area contributed by atoms with E-state index < -0.39 is 5.91 Å². The van der Waals surface area contributed by atoms with Gasteiger partial charge in [0, 0.05) is 22.6 Å². The number of aromatic nitrogens is 2. The molecule has 1 aromatic carbocycles. The van der Waals surface area contributed by atoms with E-state index >= 15 is 0 Å². The topological polar surface area (TPSA) is 102 Å². The maximum absolute atomic E-state index is 12.7. The highest BCUT2D eigenvalue weighted by atomic mass is 79.9. The minimum absolute atomic E-state index is 0.0947. The highest BCUT2D eigenvalue weighted by Crippen LogP contribution is 2.24. The molecule has 0 saturated carbocycles. The number of halogens is 1. The van der Waals surface area contributed by atoms with Crippen LogP contribution in [0, 0.1) is 0 Å². The van der Waals surface area contributed by atoms with E-state index in [0.29, 0.717) is 16.9 Å². The van der Waals surface area contributed by atoms with Crippen LogP contribution < -0.4 is 16.6 Å². The van der Waals surface area contributed by atoms with E-state index in [9.17, 15) is 9.59 Å². The average molecular weight is 420 g/mol. The molecular weight excluding hydrogens is 398 g/mol. The van der Waals surface area contributed by atoms with Crippen LogP contribution in [0.4, 0.5) is 0 Å². The molecule has 2 rings (SSSR count). The maximum Gasteiger partial charge on any atom is 0.275 e. The number of hydrogen-bond acceptors (Lipinski definition) is 5. The fourth-order valence-corrected chi connectivity index (χ4v) is 2.87. The number of nitrogens with zero attached hydrogens (tertiary/aromatic N) is 3. The van der Waals surface area contributed by atoms with Crippen molar-refractivity contribution in [1.82, 2.24) is 15.1 Å². The number of benzene rings is 1. The zero-order valence-electron chi connectivity index (χ0n) is 15.2. The van der Waals surface area contributed by atoms with Gasteiger partial charge in [-0.1, -0.05) is 29.8 Å². The fraction of sp³-hybridized carbons (Fsp3) is 0.333. The molecule has 0 unspecified atom stereocenters. The van der Waals surface area contributed by atoms with Gasteiger partial charge in [0.05, 0.1) is 11.1 Å². The predicted octanol–water partition coefficient (Wildman–Crippen LogP) is 2.29. The summed E-state index contributed by atoms with van der Waals surface area (Å²) in [5, 5.41) is 8.36. The van der Waals surface area contributed by atoms with Crippen molar-refractivity contribution in [3.8, 4) is 0 Å². The molecular formula is C18H22BrN5O2. The Morgan fingerprint density at radius 2 is 2.12 bits per heavy atom. The minimum atomic E-state index is -0.399. The number of amidine groups is 1. The molecule has 2 aromatic rings. The Morgan fingerprint density at radius 1 is 1.42 bits per heavy atom. The Balaban J connectivity index is 2.43. The van der Waals surface area contributed by atoms with Crippen LogP contribution in [-0.2, 0) is 11.3 Å². The number of amides is 1. The molecule has 0 aliphatic rings. The summed E-state index contributed by atoms with van der Waals surface area (Å²) in [6.45, 7) is 5.48. The van der Waals surface area contributed by atoms with Gasteiger partial charge in [-0.2, -0.15) is 5.10 Å². The summed E-state index contributed by atoms with van der Waals surface area (Å²) >= 11 is 3.42. The molecule has 0 radical (unpaired) electrons. The van der Waals surface area contributed by atoms with E-state index in [-0.39, 0.29) is 18.0 Å². The normalized spacial score (nSPS) is 12.7. The first kappa shape index (κ1) is 19.8. The molecule has 0 saturated heterocycles. The molecule has 1 aromatic heterocycles. The number of rotatable bonds is 4. The Labute approximate surface area is 160 Å². The predicted molar refractivity (Wildman–Crippen MR) is 107 cm³/mol. The average Bonchev–Trinajstić information content (AvgIpc) is 2.55. The fourth-order valence-electron chi connectivity index (χ4n) is 2.51. The van der Waals surface area contributed by atoms with Gasteiger partial charge < -0.3 is 11.1 Å². The lowest BCUT2D eigenvalue weighted by atomic mass is 10.0. The van der Waals surface area contributed by atoms with E-state index in [2.05, 4.69) is 31.3 Å². The number of nitrogens with one attached hydrogen (secondary N) is 1. The summed E-state index contributed by atoms with van der Waals surface area (Å²) < 4.78 is 2.06. The van der Waals surface area contributed by atoms with E-state index in [0.717, 1.165) is 15.6 Å². The first-order chi connectivity index (χ1) is 12.2. The molecule has 0 bridgehead atoms. The van der Waals surface area contributed by atoms with Gasteiger partial charge in [-0.05, 0) is 37.1 Å². The number of carbonyl (C=O) groups excluding carboxylic acids is 1. The first-order valence-corrected chi connectivity index (χ1v) is 8.93. The van der Waals surface area contributed by atoms with Gasteiger partial charge in [-0.3, -0.25) is 14.6 Å². The molecule has 7 nitrogen and oxygen atoms in total. The van der Waals surface area contributed by atoms with Crippen molar-refractivity contribution < 1.29 is 4.79 Å². The number of aliphatic imine (C=N–C) groups is 1. The molecule has 138 valence electrons. The van der Waals surface area contributed by atoms with Crippen molar-refractivity contribution in [3.05, 3.63) is 50.5 Å². The summed E-state index contributed by atoms with van der Waals surface area (Å²) in [6.07, 6.45) is 1.55. The molecule has 0 fully saturated rings. The highest BCUT2D eigenvalue weighted by molar-refractivity contribution is 9.10. The van der Waals surface area contributed by atoms with Crippen LogP contribution in [0.5, 0.6) is 0 Å². The van der Waals surface area contributed by atoms with Crippen molar-refractivity contribution in [2.24, 2.45) is 10.7 Å². The molecule has 0 atom stereocenters. The van der Waals surface area contributed by atoms with Crippen LogP contribution in [0.15, 0.2) is 44.2 Å². The van der Waals surface area contributed by atoms with Gasteiger partial charge >= 0.3 is 0 Å². The van der Waals surface area contributed by atoms with Crippen LogP contribution in [-0.4, -0.2) is 28.6 Å². The van der Waals surface area contributed by atoms with Crippen LogP contribution in [0.2, 0.25) is 0 Å². The lowest BCUT2D eigenvalue weighted by Gasteiger charge is -2.13. The Bertz CT molecular complexity index is 956. The van der Waals surface area contributed by atoms with Crippen molar-refractivity contribution in [1.29, 1.82) is 0 Å². The molecule has 1 amide bonds. The van der Waals surface area contributed by atoms with Gasteiger partial charge in [-0.15, -0.1) is 0 Å². The summed E-state index contributed by atoms with van der Waals surface area (Å²) in [6, 6.07) is 5.41. The summed E-state index contributed by atoms with van der Waals surface area (Å²) in [5.74, 6) is 0.0259. The second-order valence-electron chi connectivity index (χ2n) is 6.24. The summed E-state index contributed by atoms with van der Waals surface area (Å²) in [5.41, 5.74) is 6.57. The van der Waals surface area contributed by atoms with E-state index in [1.54, 1.807) is 32.2 Å². The van der Waals surface area contributed by atoms with Crippen LogP contribution in [0.3, 0.4) is 0 Å². The standard InChI is InChI=1S/C18H22BrN5O2/c1-10(2)17-14-8-12(19)5-6-13(14)18(26)24(23-17)9-16(25)22-15(21-4)7-11(3)20/h5-8,10H,9,20H2,1-4H3,(H,21,22,25)/b11-7-. The van der Waals surface area contributed by atoms with Gasteiger partial charge in [0.15, 0.2) is 0 Å². The second-order valence-corrected chi connectivity index (χ2v) is 7.15. The van der Waals surface area contributed by atoms with Crippen LogP contribution >= 0.6 is 15.9 Å². The zero-order valence-corrected chi connectivity index (χ0v) is 16.8. The molecule has 0 aliphatic heterocycles. The van der Waals surface area contributed by atoms with Gasteiger partial charge in [0.1, 0.15) is 12.4 Å². The van der Waals surface area contributed by atoms with Crippen molar-refractivity contribution in [2.45, 2.75) is 33.2 Å². The summed E-state index contributed by atoms with van der Waals surface area (Å²) in [7, 11) is 1.55. The maximum atomic E-state index is 12.7. The van der Waals surface area contributed by atoms with E-state index in [1.807, 2.05) is 19.9 Å². The number of carbonyl (C=O) groups is 1. The molecule has 0 aliphatic carbocycles. The molecule has 0 spiro atoms. The Hall–Kier alpha value is -2.48. The van der Waals surface area contributed by atoms with Crippen molar-refractivity contribution in [3.63, 3.8) is 0 Å². The Morgan fingerprint density at radius 3 is 2.69 bits per heavy atom. The Kier molecular flexibility index (Phi) is 6.31. The lowest BCUT2D eigenvalue weighted by molar-refractivity contribution is -0.120. The van der Waals surface area contributed by atoms with Gasteiger partial charge in [-0.25, -0.2) is 4.68 Å². The summed E-state index contributed by atoms with van der Waals surface area (Å²) in [4.78, 5) is 29.0. The van der Waals surface area contributed by atoms with Crippen molar-refractivity contribution >= 4 is 38.4 Å². The largest absolute Gasteiger partial charge is 0.402 e. The highest BCUT2D eigenvalue weighted by Gasteiger charge is 2.16. The SMILES string of the molecule is CN=C(/C=C(/C)N)NC(=O)Cn1nc(C(C)C)c2cc(Br)ccc2c1=O. The molecule has 8 heteroatoms. The number of hydrogen-bond donors (Lipinski definition) is 2. The second kappa shape index (κ2) is 8.27. The van der Waals surface area contributed by atoms with Crippen LogP contribution in [0.1, 0.15) is 32.4 Å². The third-order valence-corrected chi connectivity index (χ3v) is 4.16. The lowest BCUT2D eigenvalue weighted by Crippen LogP contribution is -2.37. The number of allylic oxidation sites excluding steroid dienone is 1. The zero-order chi connectivity index (χ0) is 19.4. The number of nitrogens with two attached hydrogens (primary N) is 1. The van der Waals surface area contributed by atoms with Gasteiger partial charge in [0.25, 0.3) is 5.56 Å². The first-order valence-electron chi connectivity index (χ1n) is 8.13. The van der Waals surface area contributed by atoms with Gasteiger partial charge in [0.2, 0.25) is 5.91 Å². The molecule has 3 N–H and O–H groups in total. The smallest absolute Gasteiger partial charge is 0.275 e. The monoisotopic (exact) mass is 419 g/mol. The van der Waals surface area contributed by atoms with E-state index in [1.165, 1.54) is 4.68 Å². The van der Waals surface area contributed by atoms with E-state index in [4.69, 9.17) is 5.73 Å². The quantitative estimate of drug-likeness (QED) is 0.585. The molecule has 1 heterocycles. The minimum Gasteiger partial charge on any atom is -0.402 e. The third kappa shape index (κ3) is 4.57.